The quantitative estimate of drug-likeness (QED) is 0.893. The van der Waals surface area contributed by atoms with Crippen LogP contribution in [0.25, 0.3) is 0 Å². The Morgan fingerprint density at radius 1 is 1.15 bits per heavy atom. The molecular formula is C15H13Cl2NO2. The highest BCUT2D eigenvalue weighted by molar-refractivity contribution is 6.42. The molecule has 104 valence electrons. The zero-order chi connectivity index (χ0) is 14.5. The maximum absolute atomic E-state index is 12.1. The van der Waals surface area contributed by atoms with Crippen LogP contribution in [-0.2, 0) is 0 Å². The Bertz CT molecular complexity index is 629. The molecule has 3 nitrogen and oxygen atoms in total. The van der Waals surface area contributed by atoms with E-state index < -0.39 is 0 Å². The molecule has 0 aliphatic heterocycles. The average molecular weight is 310 g/mol. The van der Waals surface area contributed by atoms with Gasteiger partial charge in [0.15, 0.2) is 0 Å². The third-order valence-corrected chi connectivity index (χ3v) is 3.32. The first kappa shape index (κ1) is 14.7. The molecule has 5 heteroatoms. The Kier molecular flexibility index (Phi) is 4.88. The van der Waals surface area contributed by atoms with E-state index in [0.29, 0.717) is 33.7 Å². The van der Waals surface area contributed by atoms with E-state index in [9.17, 15) is 4.79 Å². The molecule has 0 atom stereocenters. The molecule has 2 aromatic carbocycles. The van der Waals surface area contributed by atoms with Crippen LogP contribution in [0.4, 0.5) is 5.69 Å². The number of hydrogen-bond acceptors (Lipinski definition) is 2. The van der Waals surface area contributed by atoms with Crippen LogP contribution in [-0.4, -0.2) is 12.5 Å². The van der Waals surface area contributed by atoms with Crippen molar-refractivity contribution in [3.8, 4) is 5.75 Å². The number of rotatable bonds is 4. The van der Waals surface area contributed by atoms with Crippen LogP contribution in [0.1, 0.15) is 17.3 Å². The molecule has 0 radical (unpaired) electrons. The molecule has 0 saturated carbocycles. The predicted octanol–water partition coefficient (Wildman–Crippen LogP) is 4.64. The summed E-state index contributed by atoms with van der Waals surface area (Å²) in [4.78, 5) is 12.1. The van der Waals surface area contributed by atoms with Crippen LogP contribution >= 0.6 is 23.2 Å². The van der Waals surface area contributed by atoms with E-state index in [2.05, 4.69) is 5.32 Å². The van der Waals surface area contributed by atoms with Crippen LogP contribution in [0.3, 0.4) is 0 Å². The number of hydrogen-bond donors (Lipinski definition) is 1. The van der Waals surface area contributed by atoms with E-state index in [0.717, 1.165) is 0 Å². The van der Waals surface area contributed by atoms with Crippen LogP contribution in [0.2, 0.25) is 10.0 Å². The number of nitrogens with one attached hydrogen (secondary N) is 1. The van der Waals surface area contributed by atoms with Gasteiger partial charge in [-0.3, -0.25) is 4.79 Å². The van der Waals surface area contributed by atoms with Gasteiger partial charge in [-0.15, -0.1) is 0 Å². The summed E-state index contributed by atoms with van der Waals surface area (Å²) in [5.41, 5.74) is 1.10. The van der Waals surface area contributed by atoms with E-state index in [1.165, 1.54) is 0 Å². The zero-order valence-corrected chi connectivity index (χ0v) is 12.3. The zero-order valence-electron chi connectivity index (χ0n) is 10.8. The largest absolute Gasteiger partial charge is 0.494 e. The van der Waals surface area contributed by atoms with Crippen molar-refractivity contribution in [2.24, 2.45) is 0 Å². The molecule has 0 fully saturated rings. The standard InChI is InChI=1S/C15H13Cl2NO2/c1-2-20-12-5-3-4-10(8-12)15(19)18-11-6-7-13(16)14(17)9-11/h3-9H,2H2,1H3,(H,18,19). The summed E-state index contributed by atoms with van der Waals surface area (Å²) < 4.78 is 5.36. The second-order valence-corrected chi connectivity index (χ2v) is 4.86. The average Bonchev–Trinajstić information content (AvgIpc) is 2.43. The SMILES string of the molecule is CCOc1cccc(C(=O)Nc2ccc(Cl)c(Cl)c2)c1. The molecule has 0 saturated heterocycles. The molecule has 1 amide bonds. The van der Waals surface area contributed by atoms with Gasteiger partial charge < -0.3 is 10.1 Å². The second-order valence-electron chi connectivity index (χ2n) is 4.04. The van der Waals surface area contributed by atoms with Crippen molar-refractivity contribution in [2.45, 2.75) is 6.92 Å². The van der Waals surface area contributed by atoms with Gasteiger partial charge in [-0.05, 0) is 43.3 Å². The van der Waals surface area contributed by atoms with Gasteiger partial charge in [0.25, 0.3) is 5.91 Å². The summed E-state index contributed by atoms with van der Waals surface area (Å²) in [5, 5.41) is 3.60. The highest BCUT2D eigenvalue weighted by atomic mass is 35.5. The summed E-state index contributed by atoms with van der Waals surface area (Å²) >= 11 is 11.7. The topological polar surface area (TPSA) is 38.3 Å². The van der Waals surface area contributed by atoms with Crippen LogP contribution in [0, 0.1) is 0 Å². The molecule has 1 N–H and O–H groups in total. The fourth-order valence-electron chi connectivity index (χ4n) is 1.67. The van der Waals surface area contributed by atoms with Gasteiger partial charge in [-0.25, -0.2) is 0 Å². The third kappa shape index (κ3) is 3.65. The smallest absolute Gasteiger partial charge is 0.255 e. The maximum atomic E-state index is 12.1. The predicted molar refractivity (Wildman–Crippen MR) is 82.0 cm³/mol. The number of anilines is 1. The molecule has 2 rings (SSSR count). The first-order valence-corrected chi connectivity index (χ1v) is 6.85. The second kappa shape index (κ2) is 6.64. The highest BCUT2D eigenvalue weighted by Gasteiger charge is 2.08. The molecule has 0 heterocycles. The third-order valence-electron chi connectivity index (χ3n) is 2.58. The fraction of sp³-hybridized carbons (Fsp3) is 0.133. The number of halogens is 2. The number of ether oxygens (including phenoxy) is 1. The Labute approximate surface area is 127 Å². The van der Waals surface area contributed by atoms with Gasteiger partial charge in [0.05, 0.1) is 16.7 Å². The Morgan fingerprint density at radius 2 is 1.95 bits per heavy atom. The normalized spacial score (nSPS) is 10.2. The molecule has 0 aliphatic carbocycles. The first-order valence-electron chi connectivity index (χ1n) is 6.09. The Hall–Kier alpha value is -1.71. The molecule has 2 aromatic rings. The number of benzene rings is 2. The van der Waals surface area contributed by atoms with Crippen molar-refractivity contribution in [2.75, 3.05) is 11.9 Å². The van der Waals surface area contributed by atoms with E-state index in [1.807, 2.05) is 6.92 Å². The van der Waals surface area contributed by atoms with Gasteiger partial charge in [0.2, 0.25) is 0 Å². The lowest BCUT2D eigenvalue weighted by Gasteiger charge is -2.08. The van der Waals surface area contributed by atoms with Crippen molar-refractivity contribution in [1.82, 2.24) is 0 Å². The lowest BCUT2D eigenvalue weighted by atomic mass is 10.2. The Morgan fingerprint density at radius 3 is 2.65 bits per heavy atom. The van der Waals surface area contributed by atoms with Gasteiger partial charge >= 0.3 is 0 Å². The van der Waals surface area contributed by atoms with Gasteiger partial charge in [0, 0.05) is 11.3 Å². The van der Waals surface area contributed by atoms with Crippen molar-refractivity contribution in [1.29, 1.82) is 0 Å². The van der Waals surface area contributed by atoms with Crippen molar-refractivity contribution >= 4 is 34.8 Å². The molecular weight excluding hydrogens is 297 g/mol. The Balaban J connectivity index is 2.15. The molecule has 0 aliphatic rings. The van der Waals surface area contributed by atoms with Crippen LogP contribution < -0.4 is 10.1 Å². The van der Waals surface area contributed by atoms with Crippen molar-refractivity contribution in [3.63, 3.8) is 0 Å². The minimum Gasteiger partial charge on any atom is -0.494 e. The molecule has 0 unspecified atom stereocenters. The van der Waals surface area contributed by atoms with E-state index in [4.69, 9.17) is 27.9 Å². The minimum absolute atomic E-state index is 0.232. The van der Waals surface area contributed by atoms with E-state index >= 15 is 0 Å². The summed E-state index contributed by atoms with van der Waals surface area (Å²) in [6.45, 7) is 2.44. The summed E-state index contributed by atoms with van der Waals surface area (Å²) in [6.07, 6.45) is 0. The van der Waals surface area contributed by atoms with Gasteiger partial charge in [0.1, 0.15) is 5.75 Å². The van der Waals surface area contributed by atoms with Crippen LogP contribution in [0.15, 0.2) is 42.5 Å². The van der Waals surface area contributed by atoms with E-state index in [-0.39, 0.29) is 5.91 Å². The molecule has 0 spiro atoms. The lowest BCUT2D eigenvalue weighted by molar-refractivity contribution is 0.102. The van der Waals surface area contributed by atoms with E-state index in [1.54, 1.807) is 42.5 Å². The number of carbonyl (C=O) groups excluding carboxylic acids is 1. The first-order chi connectivity index (χ1) is 9.60. The highest BCUT2D eigenvalue weighted by Crippen LogP contribution is 2.25. The molecule has 0 aromatic heterocycles. The summed E-state index contributed by atoms with van der Waals surface area (Å²) in [6, 6.07) is 11.9. The molecule has 20 heavy (non-hydrogen) atoms. The monoisotopic (exact) mass is 309 g/mol. The summed E-state index contributed by atoms with van der Waals surface area (Å²) in [5.74, 6) is 0.430. The van der Waals surface area contributed by atoms with Gasteiger partial charge in [-0.2, -0.15) is 0 Å². The van der Waals surface area contributed by atoms with Crippen molar-refractivity contribution in [3.05, 3.63) is 58.1 Å². The lowest BCUT2D eigenvalue weighted by Crippen LogP contribution is -2.12. The number of carbonyl (C=O) groups is 1. The number of amides is 1. The fourth-order valence-corrected chi connectivity index (χ4v) is 1.97. The van der Waals surface area contributed by atoms with Gasteiger partial charge in [-0.1, -0.05) is 29.3 Å². The van der Waals surface area contributed by atoms with Crippen LogP contribution in [0.5, 0.6) is 5.75 Å². The maximum Gasteiger partial charge on any atom is 0.255 e. The van der Waals surface area contributed by atoms with Crippen molar-refractivity contribution < 1.29 is 9.53 Å². The molecule has 0 bridgehead atoms. The summed E-state index contributed by atoms with van der Waals surface area (Å²) in [7, 11) is 0. The minimum atomic E-state index is -0.232.